The van der Waals surface area contributed by atoms with Crippen molar-refractivity contribution >= 4 is 10.0 Å². The van der Waals surface area contributed by atoms with E-state index in [1.807, 2.05) is 0 Å². The Balaban J connectivity index is 2.19. The lowest BCUT2D eigenvalue weighted by Crippen LogP contribution is -2.28. The van der Waals surface area contributed by atoms with Gasteiger partial charge in [0.1, 0.15) is 5.75 Å². The predicted octanol–water partition coefficient (Wildman–Crippen LogP) is 1.42. The fourth-order valence-electron chi connectivity index (χ4n) is 1.56. The molecule has 88 valence electrons. The van der Waals surface area contributed by atoms with E-state index in [1.165, 1.54) is 28.6 Å². The molecule has 0 heterocycles. The van der Waals surface area contributed by atoms with Gasteiger partial charge in [0.25, 0.3) is 0 Å². The number of hydrogen-bond acceptors (Lipinski definition) is 3. The summed E-state index contributed by atoms with van der Waals surface area (Å²) in [6.45, 7) is 0.587. The van der Waals surface area contributed by atoms with Crippen molar-refractivity contribution in [2.24, 2.45) is 5.92 Å². The third kappa shape index (κ3) is 2.36. The molecule has 2 rings (SSSR count). The van der Waals surface area contributed by atoms with Crippen LogP contribution in [-0.2, 0) is 10.0 Å². The summed E-state index contributed by atoms with van der Waals surface area (Å²) >= 11 is 0. The van der Waals surface area contributed by atoms with Crippen LogP contribution >= 0.6 is 0 Å². The van der Waals surface area contributed by atoms with E-state index in [9.17, 15) is 8.42 Å². The van der Waals surface area contributed by atoms with Gasteiger partial charge < -0.3 is 5.11 Å². The van der Waals surface area contributed by atoms with Gasteiger partial charge in [-0.1, -0.05) is 0 Å². The van der Waals surface area contributed by atoms with E-state index in [-0.39, 0.29) is 10.6 Å². The van der Waals surface area contributed by atoms with E-state index in [0.717, 1.165) is 12.8 Å². The summed E-state index contributed by atoms with van der Waals surface area (Å²) in [7, 11) is -1.79. The molecule has 1 aromatic rings. The minimum atomic E-state index is -3.39. The number of aromatic hydroxyl groups is 1. The molecule has 4 nitrogen and oxygen atoms in total. The van der Waals surface area contributed by atoms with E-state index in [4.69, 9.17) is 5.11 Å². The van der Waals surface area contributed by atoms with Crippen LogP contribution in [0.1, 0.15) is 12.8 Å². The Kier molecular flexibility index (Phi) is 2.90. The van der Waals surface area contributed by atoms with Crippen molar-refractivity contribution in [3.8, 4) is 5.75 Å². The SMILES string of the molecule is CN(CC1CC1)S(=O)(=O)c1ccc(O)cc1. The minimum absolute atomic E-state index is 0.0730. The standard InChI is InChI=1S/C11H15NO3S/c1-12(8-9-2-3-9)16(14,15)11-6-4-10(13)5-7-11/h4-7,9,13H,2-3,8H2,1H3. The minimum Gasteiger partial charge on any atom is -0.508 e. The second-order valence-electron chi connectivity index (χ2n) is 4.22. The predicted molar refractivity (Wildman–Crippen MR) is 60.6 cm³/mol. The van der Waals surface area contributed by atoms with Crippen molar-refractivity contribution in [3.05, 3.63) is 24.3 Å². The second kappa shape index (κ2) is 4.07. The van der Waals surface area contributed by atoms with Crippen LogP contribution in [-0.4, -0.2) is 31.4 Å². The normalized spacial score (nSPS) is 16.6. The number of phenols is 1. The Morgan fingerprint density at radius 1 is 1.31 bits per heavy atom. The number of nitrogens with zero attached hydrogens (tertiary/aromatic N) is 1. The van der Waals surface area contributed by atoms with Gasteiger partial charge in [-0.3, -0.25) is 0 Å². The molecule has 0 atom stereocenters. The molecule has 5 heteroatoms. The van der Waals surface area contributed by atoms with Gasteiger partial charge in [0.15, 0.2) is 0 Å². The highest BCUT2D eigenvalue weighted by molar-refractivity contribution is 7.89. The first-order valence-electron chi connectivity index (χ1n) is 5.25. The van der Waals surface area contributed by atoms with Gasteiger partial charge in [0.05, 0.1) is 4.90 Å². The molecule has 0 spiro atoms. The summed E-state index contributed by atoms with van der Waals surface area (Å²) in [6.07, 6.45) is 2.24. The lowest BCUT2D eigenvalue weighted by Gasteiger charge is -2.16. The molecule has 0 radical (unpaired) electrons. The summed E-state index contributed by atoms with van der Waals surface area (Å²) in [5.74, 6) is 0.598. The van der Waals surface area contributed by atoms with Crippen molar-refractivity contribution in [1.82, 2.24) is 4.31 Å². The molecule has 0 saturated heterocycles. The van der Waals surface area contributed by atoms with Gasteiger partial charge in [-0.15, -0.1) is 0 Å². The Morgan fingerprint density at radius 3 is 2.38 bits per heavy atom. The first kappa shape index (κ1) is 11.4. The maximum atomic E-state index is 12.1. The molecule has 1 saturated carbocycles. The van der Waals surface area contributed by atoms with Crippen LogP contribution in [0.2, 0.25) is 0 Å². The number of phenolic OH excluding ortho intramolecular Hbond substituents is 1. The van der Waals surface area contributed by atoms with Crippen molar-refractivity contribution < 1.29 is 13.5 Å². The Bertz CT molecular complexity index is 463. The van der Waals surface area contributed by atoms with Gasteiger partial charge in [-0.05, 0) is 43.0 Å². The van der Waals surface area contributed by atoms with Gasteiger partial charge in [-0.2, -0.15) is 0 Å². The molecular weight excluding hydrogens is 226 g/mol. The average molecular weight is 241 g/mol. The van der Waals surface area contributed by atoms with Crippen LogP contribution in [0.25, 0.3) is 0 Å². The van der Waals surface area contributed by atoms with E-state index in [1.54, 1.807) is 7.05 Å². The van der Waals surface area contributed by atoms with E-state index in [2.05, 4.69) is 0 Å². The smallest absolute Gasteiger partial charge is 0.242 e. The summed E-state index contributed by atoms with van der Waals surface area (Å²) in [5.41, 5.74) is 0. The van der Waals surface area contributed by atoms with Crippen LogP contribution < -0.4 is 0 Å². The molecule has 0 unspecified atom stereocenters. The summed E-state index contributed by atoms with van der Waals surface area (Å²) in [5, 5.41) is 9.11. The third-order valence-corrected chi connectivity index (χ3v) is 4.59. The zero-order valence-corrected chi connectivity index (χ0v) is 9.94. The molecule has 0 amide bonds. The maximum Gasteiger partial charge on any atom is 0.242 e. The summed E-state index contributed by atoms with van der Waals surface area (Å²) in [4.78, 5) is 0.230. The lowest BCUT2D eigenvalue weighted by molar-refractivity contribution is 0.452. The number of rotatable bonds is 4. The van der Waals surface area contributed by atoms with Gasteiger partial charge in [0.2, 0.25) is 10.0 Å². The second-order valence-corrected chi connectivity index (χ2v) is 6.27. The van der Waals surface area contributed by atoms with Gasteiger partial charge >= 0.3 is 0 Å². The van der Waals surface area contributed by atoms with E-state index < -0.39 is 10.0 Å². The highest BCUT2D eigenvalue weighted by atomic mass is 32.2. The number of sulfonamides is 1. The molecule has 16 heavy (non-hydrogen) atoms. The topological polar surface area (TPSA) is 57.6 Å². The van der Waals surface area contributed by atoms with Gasteiger partial charge in [0, 0.05) is 13.6 Å². The van der Waals surface area contributed by atoms with Crippen LogP contribution in [0, 0.1) is 5.92 Å². The Labute approximate surface area is 95.6 Å². The van der Waals surface area contributed by atoms with Gasteiger partial charge in [-0.25, -0.2) is 12.7 Å². The first-order chi connectivity index (χ1) is 7.50. The maximum absolute atomic E-state index is 12.1. The molecule has 1 aliphatic carbocycles. The van der Waals surface area contributed by atoms with Crippen LogP contribution in [0.15, 0.2) is 29.2 Å². The largest absolute Gasteiger partial charge is 0.508 e. The van der Waals surface area contributed by atoms with E-state index in [0.29, 0.717) is 12.5 Å². The summed E-state index contributed by atoms with van der Waals surface area (Å²) < 4.78 is 25.5. The highest BCUT2D eigenvalue weighted by Gasteiger charge is 2.28. The molecule has 1 aliphatic rings. The Hall–Kier alpha value is -1.07. The molecule has 1 fully saturated rings. The third-order valence-electron chi connectivity index (χ3n) is 2.76. The van der Waals surface area contributed by atoms with Crippen LogP contribution in [0.3, 0.4) is 0 Å². The lowest BCUT2D eigenvalue weighted by atomic mass is 10.3. The zero-order chi connectivity index (χ0) is 11.8. The fraction of sp³-hybridized carbons (Fsp3) is 0.455. The first-order valence-corrected chi connectivity index (χ1v) is 6.69. The fourth-order valence-corrected chi connectivity index (χ4v) is 2.81. The summed E-state index contributed by atoms with van der Waals surface area (Å²) in [6, 6.07) is 5.62. The molecule has 0 aliphatic heterocycles. The van der Waals surface area contributed by atoms with Crippen molar-refractivity contribution in [2.75, 3.05) is 13.6 Å². The van der Waals surface area contributed by atoms with Crippen molar-refractivity contribution in [3.63, 3.8) is 0 Å². The van der Waals surface area contributed by atoms with Crippen molar-refractivity contribution in [1.29, 1.82) is 0 Å². The Morgan fingerprint density at radius 2 is 1.88 bits per heavy atom. The zero-order valence-electron chi connectivity index (χ0n) is 9.13. The molecule has 1 aromatic carbocycles. The number of benzene rings is 1. The van der Waals surface area contributed by atoms with Crippen molar-refractivity contribution in [2.45, 2.75) is 17.7 Å². The highest BCUT2D eigenvalue weighted by Crippen LogP contribution is 2.31. The average Bonchev–Trinajstić information content (AvgIpc) is 3.02. The van der Waals surface area contributed by atoms with E-state index >= 15 is 0 Å². The van der Waals surface area contributed by atoms with Crippen LogP contribution in [0.4, 0.5) is 0 Å². The molecule has 0 bridgehead atoms. The van der Waals surface area contributed by atoms with Crippen LogP contribution in [0.5, 0.6) is 5.75 Å². The molecule has 1 N–H and O–H groups in total. The molecule has 0 aromatic heterocycles. The molecular formula is C11H15NO3S. The number of hydrogen-bond donors (Lipinski definition) is 1. The quantitative estimate of drug-likeness (QED) is 0.867. The monoisotopic (exact) mass is 241 g/mol.